The third-order valence-electron chi connectivity index (χ3n) is 4.34. The van der Waals surface area contributed by atoms with Crippen LogP contribution in [0, 0.1) is 5.92 Å². The van der Waals surface area contributed by atoms with Gasteiger partial charge in [0, 0.05) is 42.3 Å². The smallest absolute Gasteiger partial charge is 0.162 e. The Balaban J connectivity index is 0.00000242. The first-order chi connectivity index (χ1) is 10.1. The molecule has 0 amide bonds. The van der Waals surface area contributed by atoms with Gasteiger partial charge in [-0.25, -0.2) is 0 Å². The number of halogens is 3. The Morgan fingerprint density at radius 2 is 1.91 bits per heavy atom. The van der Waals surface area contributed by atoms with Gasteiger partial charge in [0.2, 0.25) is 0 Å². The minimum Gasteiger partial charge on any atom is -0.504 e. The molecule has 1 aliphatic heterocycles. The van der Waals surface area contributed by atoms with Crippen LogP contribution in [-0.4, -0.2) is 43.3 Å². The maximum atomic E-state index is 10.6. The molecule has 1 fully saturated rings. The van der Waals surface area contributed by atoms with E-state index in [1.54, 1.807) is 7.11 Å². The van der Waals surface area contributed by atoms with Gasteiger partial charge in [-0.3, -0.25) is 4.90 Å². The van der Waals surface area contributed by atoms with Crippen molar-refractivity contribution in [2.45, 2.75) is 26.3 Å². The molecule has 1 aromatic rings. The van der Waals surface area contributed by atoms with Crippen molar-refractivity contribution in [2.24, 2.45) is 5.92 Å². The Morgan fingerprint density at radius 3 is 2.43 bits per heavy atom. The number of nitrogens with zero attached hydrogens (tertiary/aromatic N) is 1. The summed E-state index contributed by atoms with van der Waals surface area (Å²) in [7, 11) is 1.59. The zero-order chi connectivity index (χ0) is 15.4. The highest BCUT2D eigenvalue weighted by atomic mass is 79.9. The quantitative estimate of drug-likeness (QED) is 0.742. The third kappa shape index (κ3) is 5.40. The highest BCUT2D eigenvalue weighted by Gasteiger charge is 2.29. The van der Waals surface area contributed by atoms with Crippen molar-refractivity contribution in [3.05, 3.63) is 22.2 Å². The Bertz CT molecular complexity index is 485. The van der Waals surface area contributed by atoms with Gasteiger partial charge in [-0.1, -0.05) is 36.2 Å². The van der Waals surface area contributed by atoms with E-state index >= 15 is 0 Å². The molecule has 1 unspecified atom stereocenters. The summed E-state index contributed by atoms with van der Waals surface area (Å²) in [5, 5.41) is 14.0. The van der Waals surface area contributed by atoms with Crippen molar-refractivity contribution in [3.63, 3.8) is 0 Å². The van der Waals surface area contributed by atoms with Crippen LogP contribution in [0.4, 0.5) is 0 Å². The summed E-state index contributed by atoms with van der Waals surface area (Å²) in [5.41, 5.74) is 0.956. The maximum absolute atomic E-state index is 10.6. The molecule has 2 rings (SSSR count). The molecule has 0 radical (unpaired) electrons. The SMILES string of the molecule is CCC(C)[C@H](c1cc(Br)cc(OC)c1O)N1CCNCC1.Cl.Cl. The second kappa shape index (κ2) is 10.6. The molecule has 1 saturated heterocycles. The van der Waals surface area contributed by atoms with E-state index in [9.17, 15) is 5.11 Å². The van der Waals surface area contributed by atoms with Crippen LogP contribution < -0.4 is 10.1 Å². The van der Waals surface area contributed by atoms with Crippen LogP contribution in [0.2, 0.25) is 0 Å². The lowest BCUT2D eigenvalue weighted by Gasteiger charge is -2.38. The largest absolute Gasteiger partial charge is 0.504 e. The number of hydrogen-bond donors (Lipinski definition) is 2. The summed E-state index contributed by atoms with van der Waals surface area (Å²) >= 11 is 3.53. The Morgan fingerprint density at radius 1 is 1.30 bits per heavy atom. The summed E-state index contributed by atoms with van der Waals surface area (Å²) in [5.74, 6) is 1.26. The average molecular weight is 430 g/mol. The molecule has 0 bridgehead atoms. The van der Waals surface area contributed by atoms with E-state index in [-0.39, 0.29) is 36.6 Å². The Kier molecular flexibility index (Phi) is 10.5. The van der Waals surface area contributed by atoms with Crippen molar-refractivity contribution in [2.75, 3.05) is 33.3 Å². The van der Waals surface area contributed by atoms with Crippen LogP contribution >= 0.6 is 40.7 Å². The molecular formula is C16H27BrCl2N2O2. The van der Waals surface area contributed by atoms with Gasteiger partial charge in [-0.15, -0.1) is 24.8 Å². The molecule has 7 heteroatoms. The lowest BCUT2D eigenvalue weighted by atomic mass is 9.89. The predicted molar refractivity (Wildman–Crippen MR) is 103 cm³/mol. The van der Waals surface area contributed by atoms with Crippen LogP contribution in [0.1, 0.15) is 31.9 Å². The van der Waals surface area contributed by atoms with Crippen LogP contribution in [0.5, 0.6) is 11.5 Å². The van der Waals surface area contributed by atoms with E-state index < -0.39 is 0 Å². The van der Waals surface area contributed by atoms with E-state index in [1.807, 2.05) is 12.1 Å². The van der Waals surface area contributed by atoms with Crippen molar-refractivity contribution in [1.29, 1.82) is 0 Å². The fraction of sp³-hybridized carbons (Fsp3) is 0.625. The first-order valence-electron chi connectivity index (χ1n) is 7.59. The number of ether oxygens (including phenoxy) is 1. The second-order valence-electron chi connectivity index (χ2n) is 5.66. The molecule has 23 heavy (non-hydrogen) atoms. The highest BCUT2D eigenvalue weighted by molar-refractivity contribution is 9.10. The van der Waals surface area contributed by atoms with Crippen molar-refractivity contribution in [1.82, 2.24) is 10.2 Å². The molecule has 1 aromatic carbocycles. The zero-order valence-corrected chi connectivity index (χ0v) is 17.1. The molecule has 1 heterocycles. The van der Waals surface area contributed by atoms with Gasteiger partial charge < -0.3 is 15.2 Å². The maximum Gasteiger partial charge on any atom is 0.162 e. The van der Waals surface area contributed by atoms with Crippen molar-refractivity contribution in [3.8, 4) is 11.5 Å². The topological polar surface area (TPSA) is 44.7 Å². The van der Waals surface area contributed by atoms with E-state index in [4.69, 9.17) is 4.74 Å². The summed E-state index contributed by atoms with van der Waals surface area (Å²) in [6, 6.07) is 4.05. The first-order valence-corrected chi connectivity index (χ1v) is 8.39. The number of nitrogens with one attached hydrogen (secondary N) is 1. The lowest BCUT2D eigenvalue weighted by Crippen LogP contribution is -2.46. The van der Waals surface area contributed by atoms with Gasteiger partial charge in [0.25, 0.3) is 0 Å². The van der Waals surface area contributed by atoms with E-state index in [0.717, 1.165) is 42.6 Å². The number of piperazine rings is 1. The zero-order valence-electron chi connectivity index (χ0n) is 13.8. The molecule has 2 atom stereocenters. The average Bonchev–Trinajstić information content (AvgIpc) is 2.51. The van der Waals surface area contributed by atoms with Crippen LogP contribution in [-0.2, 0) is 0 Å². The summed E-state index contributed by atoms with van der Waals surface area (Å²) < 4.78 is 6.25. The highest BCUT2D eigenvalue weighted by Crippen LogP contribution is 2.42. The molecular weight excluding hydrogens is 403 g/mol. The fourth-order valence-corrected chi connectivity index (χ4v) is 3.48. The van der Waals surface area contributed by atoms with Gasteiger partial charge in [0.05, 0.1) is 7.11 Å². The minimum absolute atomic E-state index is 0. The predicted octanol–water partition coefficient (Wildman–Crippen LogP) is 4.00. The summed E-state index contributed by atoms with van der Waals surface area (Å²) in [4.78, 5) is 2.46. The number of aromatic hydroxyl groups is 1. The molecule has 0 spiro atoms. The van der Waals surface area contributed by atoms with E-state index in [1.165, 1.54) is 0 Å². The van der Waals surface area contributed by atoms with Gasteiger partial charge in [-0.05, 0) is 18.1 Å². The van der Waals surface area contributed by atoms with Gasteiger partial charge >= 0.3 is 0 Å². The molecule has 134 valence electrons. The lowest BCUT2D eigenvalue weighted by molar-refractivity contribution is 0.126. The minimum atomic E-state index is 0. The first kappa shape index (κ1) is 22.8. The summed E-state index contributed by atoms with van der Waals surface area (Å²) in [6.07, 6.45) is 1.07. The number of phenolic OH excluding ortho intramolecular Hbond substituents is 1. The van der Waals surface area contributed by atoms with Crippen molar-refractivity contribution >= 4 is 40.7 Å². The van der Waals surface area contributed by atoms with E-state index in [0.29, 0.717) is 11.7 Å². The normalized spacial score (nSPS) is 17.6. The molecule has 4 nitrogen and oxygen atoms in total. The number of hydrogen-bond acceptors (Lipinski definition) is 4. The third-order valence-corrected chi connectivity index (χ3v) is 4.79. The van der Waals surface area contributed by atoms with Crippen LogP contribution in [0.15, 0.2) is 16.6 Å². The molecule has 0 saturated carbocycles. The van der Waals surface area contributed by atoms with Crippen molar-refractivity contribution < 1.29 is 9.84 Å². The fourth-order valence-electron chi connectivity index (χ4n) is 3.02. The van der Waals surface area contributed by atoms with Gasteiger partial charge in [-0.2, -0.15) is 0 Å². The number of benzene rings is 1. The number of methoxy groups -OCH3 is 1. The Labute approximate surface area is 159 Å². The molecule has 2 N–H and O–H groups in total. The Hall–Kier alpha value is -0.200. The van der Waals surface area contributed by atoms with E-state index in [2.05, 4.69) is 40.0 Å². The molecule has 1 aliphatic rings. The monoisotopic (exact) mass is 428 g/mol. The van der Waals surface area contributed by atoms with Crippen LogP contribution in [0.3, 0.4) is 0 Å². The molecule has 0 aromatic heterocycles. The standard InChI is InChI=1S/C16H25BrN2O2.2ClH/c1-4-11(2)15(19-7-5-18-6-8-19)13-9-12(17)10-14(21-3)16(13)20;;/h9-11,15,18,20H,4-8H2,1-3H3;2*1H/t11?,15-;;/m1../s1. The molecule has 0 aliphatic carbocycles. The second-order valence-corrected chi connectivity index (χ2v) is 6.58. The van der Waals surface area contributed by atoms with Crippen LogP contribution in [0.25, 0.3) is 0 Å². The number of rotatable bonds is 5. The van der Waals surface area contributed by atoms with Gasteiger partial charge in [0.1, 0.15) is 0 Å². The number of phenols is 1. The van der Waals surface area contributed by atoms with Gasteiger partial charge in [0.15, 0.2) is 11.5 Å². The summed E-state index contributed by atoms with van der Waals surface area (Å²) in [6.45, 7) is 8.45.